The number of aromatic hydroxyl groups is 1. The quantitative estimate of drug-likeness (QED) is 0.0983. The molecule has 0 bridgehead atoms. The summed E-state index contributed by atoms with van der Waals surface area (Å²) in [5, 5.41) is 16.1. The van der Waals surface area contributed by atoms with Crippen molar-refractivity contribution >= 4 is 41.3 Å². The minimum Gasteiger partial charge on any atom is -0.507 e. The van der Waals surface area contributed by atoms with Crippen molar-refractivity contribution in [3.63, 3.8) is 0 Å². The first-order chi connectivity index (χ1) is 19.0. The molecular formula is C34H58N2OS3. The molecule has 228 valence electrons. The fraction of sp³-hybridized carbons (Fsp3) is 0.706. The van der Waals surface area contributed by atoms with Crippen LogP contribution in [0.3, 0.4) is 0 Å². The first kappa shape index (κ1) is 35.3. The molecule has 1 aromatic rings. The smallest absolute Gasteiger partial charge is 0.123 e. The van der Waals surface area contributed by atoms with Crippen LogP contribution in [0.2, 0.25) is 0 Å². The van der Waals surface area contributed by atoms with E-state index in [1.165, 1.54) is 87.7 Å². The van der Waals surface area contributed by atoms with Crippen molar-refractivity contribution < 1.29 is 5.11 Å². The van der Waals surface area contributed by atoms with Crippen molar-refractivity contribution in [2.24, 2.45) is 0 Å². The van der Waals surface area contributed by atoms with Crippen molar-refractivity contribution in [3.05, 3.63) is 45.5 Å². The molecule has 0 unspecified atom stereocenters. The Morgan fingerprint density at radius 2 is 1.25 bits per heavy atom. The molecule has 0 radical (unpaired) electrons. The number of nitrogens with one attached hydrogen (secondary N) is 1. The summed E-state index contributed by atoms with van der Waals surface area (Å²) in [4.78, 5) is 1.33. The lowest BCUT2D eigenvalue weighted by Gasteiger charge is -2.29. The molecule has 0 aromatic heterocycles. The monoisotopic (exact) mass is 606 g/mol. The number of nitrogens with zero attached hydrogens (tertiary/aromatic N) is 1. The van der Waals surface area contributed by atoms with Crippen molar-refractivity contribution in [1.29, 1.82) is 0 Å². The van der Waals surface area contributed by atoms with E-state index < -0.39 is 0 Å². The summed E-state index contributed by atoms with van der Waals surface area (Å²) in [6, 6.07) is 4.28. The largest absolute Gasteiger partial charge is 0.507 e. The van der Waals surface area contributed by atoms with E-state index in [4.69, 9.17) is 0 Å². The lowest BCUT2D eigenvalue weighted by Crippen LogP contribution is -2.18. The van der Waals surface area contributed by atoms with Gasteiger partial charge in [-0.3, -0.25) is 3.71 Å². The van der Waals surface area contributed by atoms with Crippen LogP contribution in [-0.2, 0) is 10.8 Å². The molecule has 1 heterocycles. The zero-order chi connectivity index (χ0) is 29.6. The first-order valence-electron chi connectivity index (χ1n) is 15.8. The third-order valence-electron chi connectivity index (χ3n) is 7.17. The van der Waals surface area contributed by atoms with Gasteiger partial charge in [-0.05, 0) is 59.6 Å². The number of unbranched alkanes of at least 4 members (excludes halogenated alkanes) is 10. The second kappa shape index (κ2) is 18.0. The Morgan fingerprint density at radius 1 is 0.750 bits per heavy atom. The Morgan fingerprint density at radius 3 is 1.77 bits per heavy atom. The summed E-state index contributed by atoms with van der Waals surface area (Å²) >= 11 is 5.70. The highest BCUT2D eigenvalue weighted by Crippen LogP contribution is 2.43. The SMILES string of the molecule is CCCCCCCCSC1=CN(SCCCCCCCC)SC(Nc2cc(C(C)(C)C)c(O)c(C(C)(C)C)c2)=C1. The minimum absolute atomic E-state index is 0.146. The average molecular weight is 607 g/mol. The lowest BCUT2D eigenvalue weighted by atomic mass is 9.79. The highest BCUT2D eigenvalue weighted by atomic mass is 32.2. The van der Waals surface area contributed by atoms with Crippen LogP contribution >= 0.6 is 35.7 Å². The van der Waals surface area contributed by atoms with Crippen LogP contribution in [0.5, 0.6) is 5.75 Å². The first-order valence-corrected chi connectivity index (χ1v) is 18.5. The van der Waals surface area contributed by atoms with E-state index in [0.29, 0.717) is 5.75 Å². The van der Waals surface area contributed by atoms with Crippen molar-refractivity contribution in [2.75, 3.05) is 16.8 Å². The fourth-order valence-electron chi connectivity index (χ4n) is 4.72. The Hall–Kier alpha value is -0.850. The van der Waals surface area contributed by atoms with Crippen LogP contribution in [0.1, 0.15) is 144 Å². The predicted octanol–water partition coefficient (Wildman–Crippen LogP) is 12.1. The Balaban J connectivity index is 2.14. The number of phenols is 1. The van der Waals surface area contributed by atoms with Gasteiger partial charge < -0.3 is 10.4 Å². The number of hydrogen-bond acceptors (Lipinski definition) is 6. The van der Waals surface area contributed by atoms with Crippen molar-refractivity contribution in [2.45, 2.75) is 143 Å². The highest BCUT2D eigenvalue weighted by molar-refractivity contribution is 8.14. The van der Waals surface area contributed by atoms with Gasteiger partial charge in [0, 0.05) is 45.6 Å². The number of allylic oxidation sites excluding steroid dienone is 1. The summed E-state index contributed by atoms with van der Waals surface area (Å²) in [7, 11) is 0. The summed E-state index contributed by atoms with van der Waals surface area (Å²) in [6.45, 7) is 17.6. The van der Waals surface area contributed by atoms with E-state index in [0.717, 1.165) is 27.6 Å². The molecule has 0 spiro atoms. The second-order valence-corrected chi connectivity index (χ2v) is 16.7. The van der Waals surface area contributed by atoms with Gasteiger partial charge in [0.1, 0.15) is 5.75 Å². The maximum Gasteiger partial charge on any atom is 0.123 e. The molecule has 0 amide bonds. The van der Waals surface area contributed by atoms with Crippen molar-refractivity contribution in [1.82, 2.24) is 3.71 Å². The summed E-state index contributed by atoms with van der Waals surface area (Å²) in [5.41, 5.74) is 2.74. The molecule has 0 saturated carbocycles. The summed E-state index contributed by atoms with van der Waals surface area (Å²) in [6.07, 6.45) is 20.7. The maximum absolute atomic E-state index is 11.2. The van der Waals surface area contributed by atoms with E-state index >= 15 is 0 Å². The molecule has 6 heteroatoms. The molecule has 1 aliphatic heterocycles. The standard InChI is InChI=1S/C34H58N2OS3/c1-9-11-13-15-17-19-21-38-28-25-31(40-36(26-28)39-22-20-18-16-14-12-10-2)35-27-23-29(33(3,4)5)32(37)30(24-27)34(6,7)8/h23-26,35,37H,9-22H2,1-8H3. The van der Waals surface area contributed by atoms with E-state index in [1.807, 2.05) is 23.7 Å². The molecular weight excluding hydrogens is 549 g/mol. The predicted molar refractivity (Wildman–Crippen MR) is 186 cm³/mol. The number of hydrogen-bond donors (Lipinski definition) is 2. The molecule has 1 aliphatic rings. The molecule has 0 atom stereocenters. The third kappa shape index (κ3) is 13.0. The van der Waals surface area contributed by atoms with Gasteiger partial charge in [0.15, 0.2) is 0 Å². The lowest BCUT2D eigenvalue weighted by molar-refractivity contribution is 0.423. The van der Waals surface area contributed by atoms with E-state index in [9.17, 15) is 5.11 Å². The maximum atomic E-state index is 11.2. The summed E-state index contributed by atoms with van der Waals surface area (Å²) < 4.78 is 2.35. The molecule has 1 aromatic carbocycles. The molecule has 40 heavy (non-hydrogen) atoms. The zero-order valence-electron chi connectivity index (χ0n) is 26.8. The normalized spacial score (nSPS) is 14.3. The van der Waals surface area contributed by atoms with Gasteiger partial charge in [-0.25, -0.2) is 0 Å². The van der Waals surface area contributed by atoms with Crippen molar-refractivity contribution in [3.8, 4) is 5.75 Å². The van der Waals surface area contributed by atoms with Gasteiger partial charge in [0.25, 0.3) is 0 Å². The van der Waals surface area contributed by atoms with Gasteiger partial charge in [0.05, 0.1) is 5.03 Å². The van der Waals surface area contributed by atoms with Crippen LogP contribution in [-0.4, -0.2) is 20.3 Å². The molecule has 3 nitrogen and oxygen atoms in total. The molecule has 0 fully saturated rings. The van der Waals surface area contributed by atoms with E-state index in [-0.39, 0.29) is 10.8 Å². The average Bonchev–Trinajstić information content (AvgIpc) is 2.87. The minimum atomic E-state index is -0.146. The molecule has 0 aliphatic carbocycles. The Bertz CT molecular complexity index is 908. The van der Waals surface area contributed by atoms with Crippen LogP contribution in [0, 0.1) is 0 Å². The number of thioether (sulfide) groups is 1. The molecule has 0 saturated heterocycles. The number of phenolic OH excluding ortho intramolecular Hbond substituents is 1. The second-order valence-electron chi connectivity index (χ2n) is 13.2. The van der Waals surface area contributed by atoms with Crippen LogP contribution in [0.15, 0.2) is 34.3 Å². The third-order valence-corrected chi connectivity index (χ3v) is 10.3. The number of anilines is 1. The van der Waals surface area contributed by atoms with Gasteiger partial charge in [-0.15, -0.1) is 11.8 Å². The van der Waals surface area contributed by atoms with Gasteiger partial charge in [-0.2, -0.15) is 0 Å². The Kier molecular flexibility index (Phi) is 15.9. The van der Waals surface area contributed by atoms with Crippen LogP contribution < -0.4 is 5.32 Å². The molecule has 2 rings (SSSR count). The number of rotatable bonds is 18. The van der Waals surface area contributed by atoms with Gasteiger partial charge >= 0.3 is 0 Å². The van der Waals surface area contributed by atoms with Crippen LogP contribution in [0.25, 0.3) is 0 Å². The van der Waals surface area contributed by atoms with E-state index in [2.05, 4.69) is 88.8 Å². The van der Waals surface area contributed by atoms with Gasteiger partial charge in [0.2, 0.25) is 0 Å². The Labute approximate surface area is 260 Å². The van der Waals surface area contributed by atoms with Gasteiger partial charge in [-0.1, -0.05) is 120 Å². The fourth-order valence-corrected chi connectivity index (χ4v) is 7.98. The van der Waals surface area contributed by atoms with Crippen LogP contribution in [0.4, 0.5) is 5.69 Å². The number of benzene rings is 1. The molecule has 2 N–H and O–H groups in total. The topological polar surface area (TPSA) is 35.5 Å². The van der Waals surface area contributed by atoms with E-state index in [1.54, 1.807) is 11.9 Å². The summed E-state index contributed by atoms with van der Waals surface area (Å²) in [5.74, 6) is 2.76. The zero-order valence-corrected chi connectivity index (χ0v) is 29.3. The highest BCUT2D eigenvalue weighted by Gasteiger charge is 2.27.